The molecular formula is C13H17BrFNO. The largest absolute Gasteiger partial charge is 0.488 e. The molecule has 1 aromatic rings. The van der Waals surface area contributed by atoms with E-state index in [4.69, 9.17) is 10.5 Å². The van der Waals surface area contributed by atoms with Gasteiger partial charge in [-0.2, -0.15) is 0 Å². The predicted molar refractivity (Wildman–Crippen MR) is 70.6 cm³/mol. The van der Waals surface area contributed by atoms with Crippen LogP contribution in [0.4, 0.5) is 10.1 Å². The van der Waals surface area contributed by atoms with Gasteiger partial charge in [0.15, 0.2) is 0 Å². The third kappa shape index (κ3) is 3.35. The zero-order chi connectivity index (χ0) is 12.3. The summed E-state index contributed by atoms with van der Waals surface area (Å²) in [5.41, 5.74) is 6.13. The molecule has 0 amide bonds. The second kappa shape index (κ2) is 5.71. The van der Waals surface area contributed by atoms with E-state index in [1.807, 2.05) is 0 Å². The summed E-state index contributed by atoms with van der Waals surface area (Å²) in [5, 5.41) is 0. The monoisotopic (exact) mass is 301 g/mol. The maximum absolute atomic E-state index is 13.2. The van der Waals surface area contributed by atoms with Gasteiger partial charge in [0.2, 0.25) is 0 Å². The van der Waals surface area contributed by atoms with Crippen LogP contribution in [0, 0.1) is 5.82 Å². The highest BCUT2D eigenvalue weighted by molar-refractivity contribution is 9.10. The fourth-order valence-electron chi connectivity index (χ4n) is 2.19. The van der Waals surface area contributed by atoms with E-state index in [-0.39, 0.29) is 11.9 Å². The predicted octanol–water partition coefficient (Wildman–Crippen LogP) is 4.27. The zero-order valence-electron chi connectivity index (χ0n) is 9.72. The minimum atomic E-state index is -0.351. The minimum absolute atomic E-state index is 0.220. The van der Waals surface area contributed by atoms with Gasteiger partial charge >= 0.3 is 0 Å². The lowest BCUT2D eigenvalue weighted by atomic mass is 10.1. The number of ether oxygens (including phenoxy) is 1. The molecule has 0 aromatic heterocycles. The molecule has 0 saturated heterocycles. The number of hydrogen-bond acceptors (Lipinski definition) is 2. The molecule has 4 heteroatoms. The molecular weight excluding hydrogens is 285 g/mol. The Bertz CT molecular complexity index is 389. The van der Waals surface area contributed by atoms with E-state index in [2.05, 4.69) is 15.9 Å². The number of nitrogens with two attached hydrogens (primary N) is 1. The van der Waals surface area contributed by atoms with Crippen LogP contribution in [0.15, 0.2) is 16.6 Å². The Kier molecular flexibility index (Phi) is 4.26. The molecule has 2 nitrogen and oxygen atoms in total. The first-order chi connectivity index (χ1) is 8.16. The molecule has 0 aliphatic heterocycles. The Labute approximate surface area is 109 Å². The van der Waals surface area contributed by atoms with Gasteiger partial charge in [0.05, 0.1) is 16.3 Å². The van der Waals surface area contributed by atoms with Crippen LogP contribution in [0.2, 0.25) is 0 Å². The average molecular weight is 302 g/mol. The van der Waals surface area contributed by atoms with Crippen LogP contribution < -0.4 is 10.5 Å². The van der Waals surface area contributed by atoms with Crippen molar-refractivity contribution >= 4 is 21.6 Å². The van der Waals surface area contributed by atoms with E-state index in [9.17, 15) is 4.39 Å². The lowest BCUT2D eigenvalue weighted by Gasteiger charge is -2.18. The van der Waals surface area contributed by atoms with Crippen molar-refractivity contribution < 1.29 is 9.13 Å². The smallest absolute Gasteiger partial charge is 0.143 e. The molecule has 1 fully saturated rings. The topological polar surface area (TPSA) is 35.2 Å². The Morgan fingerprint density at radius 2 is 1.82 bits per heavy atom. The summed E-state index contributed by atoms with van der Waals surface area (Å²) in [6.07, 6.45) is 7.31. The van der Waals surface area contributed by atoms with Crippen LogP contribution >= 0.6 is 15.9 Å². The van der Waals surface area contributed by atoms with Crippen molar-refractivity contribution in [3.8, 4) is 5.75 Å². The third-order valence-corrected chi connectivity index (χ3v) is 3.76. The maximum Gasteiger partial charge on any atom is 0.143 e. The molecule has 1 saturated carbocycles. The van der Waals surface area contributed by atoms with Crippen molar-refractivity contribution in [2.45, 2.75) is 44.6 Å². The minimum Gasteiger partial charge on any atom is -0.488 e. The number of rotatable bonds is 2. The molecule has 0 atom stereocenters. The van der Waals surface area contributed by atoms with Gasteiger partial charge in [0.25, 0.3) is 0 Å². The molecule has 0 bridgehead atoms. The van der Waals surface area contributed by atoms with Crippen LogP contribution in [0.3, 0.4) is 0 Å². The molecule has 17 heavy (non-hydrogen) atoms. The first-order valence-corrected chi connectivity index (χ1v) is 6.87. The highest BCUT2D eigenvalue weighted by Gasteiger charge is 2.16. The molecule has 1 aromatic carbocycles. The molecule has 0 unspecified atom stereocenters. The first-order valence-electron chi connectivity index (χ1n) is 6.08. The van der Waals surface area contributed by atoms with Crippen molar-refractivity contribution in [2.75, 3.05) is 5.73 Å². The van der Waals surface area contributed by atoms with E-state index in [0.717, 1.165) is 12.8 Å². The van der Waals surface area contributed by atoms with Crippen molar-refractivity contribution in [3.63, 3.8) is 0 Å². The van der Waals surface area contributed by atoms with Gasteiger partial charge in [-0.3, -0.25) is 0 Å². The van der Waals surface area contributed by atoms with Crippen LogP contribution in [0.1, 0.15) is 38.5 Å². The van der Waals surface area contributed by atoms with Gasteiger partial charge in [0.1, 0.15) is 11.6 Å². The third-order valence-electron chi connectivity index (χ3n) is 3.15. The summed E-state index contributed by atoms with van der Waals surface area (Å²) in [6, 6.07) is 2.92. The Morgan fingerprint density at radius 1 is 1.18 bits per heavy atom. The van der Waals surface area contributed by atoms with E-state index >= 15 is 0 Å². The van der Waals surface area contributed by atoms with Gasteiger partial charge in [-0.25, -0.2) is 4.39 Å². The first kappa shape index (κ1) is 12.7. The van der Waals surface area contributed by atoms with Crippen molar-refractivity contribution in [1.82, 2.24) is 0 Å². The number of anilines is 1. The van der Waals surface area contributed by atoms with Gasteiger partial charge in [-0.05, 0) is 47.7 Å². The summed E-state index contributed by atoms with van der Waals surface area (Å²) in [7, 11) is 0. The Morgan fingerprint density at radius 3 is 2.47 bits per heavy atom. The van der Waals surface area contributed by atoms with E-state index in [0.29, 0.717) is 15.9 Å². The maximum atomic E-state index is 13.2. The van der Waals surface area contributed by atoms with Crippen molar-refractivity contribution in [3.05, 3.63) is 22.4 Å². The number of nitrogen functional groups attached to an aromatic ring is 1. The Balaban J connectivity index is 2.09. The summed E-state index contributed by atoms with van der Waals surface area (Å²) in [5.74, 6) is 0.237. The Hall–Kier alpha value is -0.770. The van der Waals surface area contributed by atoms with Crippen LogP contribution in [0.25, 0.3) is 0 Å². The highest BCUT2D eigenvalue weighted by atomic mass is 79.9. The fraction of sp³-hybridized carbons (Fsp3) is 0.538. The number of benzene rings is 1. The van der Waals surface area contributed by atoms with Crippen molar-refractivity contribution in [1.29, 1.82) is 0 Å². The lowest BCUT2D eigenvalue weighted by molar-refractivity contribution is 0.184. The average Bonchev–Trinajstić information content (AvgIpc) is 2.54. The lowest BCUT2D eigenvalue weighted by Crippen LogP contribution is -2.16. The zero-order valence-corrected chi connectivity index (χ0v) is 11.3. The normalized spacial score (nSPS) is 17.8. The quantitative estimate of drug-likeness (QED) is 0.654. The standard InChI is InChI=1S/C13H17BrFNO/c14-10-7-13(12(16)8-11(10)15)17-9-5-3-1-2-4-6-9/h7-9H,1-6,16H2. The van der Waals surface area contributed by atoms with Crippen LogP contribution in [0.5, 0.6) is 5.75 Å². The number of halogens is 2. The molecule has 1 aliphatic rings. The number of hydrogen-bond donors (Lipinski definition) is 1. The molecule has 2 rings (SSSR count). The second-order valence-electron chi connectivity index (χ2n) is 4.54. The van der Waals surface area contributed by atoms with E-state index < -0.39 is 0 Å². The molecule has 94 valence electrons. The van der Waals surface area contributed by atoms with Gasteiger partial charge in [0, 0.05) is 6.07 Å². The van der Waals surface area contributed by atoms with Gasteiger partial charge < -0.3 is 10.5 Å². The van der Waals surface area contributed by atoms with Crippen LogP contribution in [-0.2, 0) is 0 Å². The van der Waals surface area contributed by atoms with Gasteiger partial charge in [-0.1, -0.05) is 12.8 Å². The molecule has 0 radical (unpaired) electrons. The summed E-state index contributed by atoms with van der Waals surface area (Å²) in [6.45, 7) is 0. The molecule has 1 aliphatic carbocycles. The second-order valence-corrected chi connectivity index (χ2v) is 5.39. The SMILES string of the molecule is Nc1cc(F)c(Br)cc1OC1CCCCCC1. The fourth-order valence-corrected chi connectivity index (χ4v) is 2.51. The molecule has 0 spiro atoms. The van der Waals surface area contributed by atoms with E-state index in [1.54, 1.807) is 6.07 Å². The van der Waals surface area contributed by atoms with Crippen LogP contribution in [-0.4, -0.2) is 6.10 Å². The van der Waals surface area contributed by atoms with Crippen molar-refractivity contribution in [2.24, 2.45) is 0 Å². The summed E-state index contributed by atoms with van der Waals surface area (Å²) in [4.78, 5) is 0. The molecule has 2 N–H and O–H groups in total. The summed E-state index contributed by atoms with van der Waals surface area (Å²) < 4.78 is 19.5. The van der Waals surface area contributed by atoms with E-state index in [1.165, 1.54) is 31.7 Å². The summed E-state index contributed by atoms with van der Waals surface area (Å²) >= 11 is 3.15. The molecule has 0 heterocycles. The highest BCUT2D eigenvalue weighted by Crippen LogP contribution is 2.31. The van der Waals surface area contributed by atoms with Gasteiger partial charge in [-0.15, -0.1) is 0 Å².